The van der Waals surface area contributed by atoms with Gasteiger partial charge in [0, 0.05) is 11.0 Å². The Morgan fingerprint density at radius 3 is 2.94 bits per heavy atom. The summed E-state index contributed by atoms with van der Waals surface area (Å²) < 4.78 is 13.0. The highest BCUT2D eigenvalue weighted by molar-refractivity contribution is 7.10. The maximum Gasteiger partial charge on any atom is 0.248 e. The minimum Gasteiger partial charge on any atom is -0.397 e. The van der Waals surface area contributed by atoms with E-state index < -0.39 is 5.82 Å². The van der Waals surface area contributed by atoms with Gasteiger partial charge in [-0.25, -0.2) is 4.39 Å². The van der Waals surface area contributed by atoms with Crippen molar-refractivity contribution >= 4 is 34.7 Å². The summed E-state index contributed by atoms with van der Waals surface area (Å²) in [6.45, 7) is 0. The zero-order valence-electron chi connectivity index (χ0n) is 9.39. The van der Waals surface area contributed by atoms with E-state index in [1.54, 1.807) is 6.08 Å². The van der Waals surface area contributed by atoms with Crippen molar-refractivity contribution in [3.8, 4) is 0 Å². The zero-order valence-corrected chi connectivity index (χ0v) is 10.2. The molecule has 1 amide bonds. The van der Waals surface area contributed by atoms with Crippen molar-refractivity contribution in [1.29, 1.82) is 0 Å². The molecule has 5 heteroatoms. The van der Waals surface area contributed by atoms with Crippen LogP contribution in [0.25, 0.3) is 6.08 Å². The van der Waals surface area contributed by atoms with Crippen molar-refractivity contribution in [3.63, 3.8) is 0 Å². The average Bonchev–Trinajstić information content (AvgIpc) is 2.84. The van der Waals surface area contributed by atoms with Crippen LogP contribution >= 0.6 is 11.3 Å². The quantitative estimate of drug-likeness (QED) is 0.659. The molecular formula is C13H11FN2OS. The Balaban J connectivity index is 2.05. The monoisotopic (exact) mass is 262 g/mol. The maximum absolute atomic E-state index is 13.0. The van der Waals surface area contributed by atoms with Gasteiger partial charge in [0.1, 0.15) is 5.82 Å². The maximum atomic E-state index is 13.0. The second kappa shape index (κ2) is 5.46. The molecule has 0 aliphatic heterocycles. The van der Waals surface area contributed by atoms with E-state index in [4.69, 9.17) is 5.73 Å². The van der Waals surface area contributed by atoms with Crippen LogP contribution in [0.5, 0.6) is 0 Å². The van der Waals surface area contributed by atoms with E-state index in [2.05, 4.69) is 5.32 Å². The summed E-state index contributed by atoms with van der Waals surface area (Å²) in [5, 5.41) is 4.45. The lowest BCUT2D eigenvalue weighted by atomic mass is 10.2. The van der Waals surface area contributed by atoms with Crippen LogP contribution in [0.4, 0.5) is 15.8 Å². The van der Waals surface area contributed by atoms with Gasteiger partial charge in [0.15, 0.2) is 0 Å². The number of carbonyl (C=O) groups excluding carboxylic acids is 1. The molecule has 1 aromatic carbocycles. The van der Waals surface area contributed by atoms with E-state index in [0.717, 1.165) is 4.88 Å². The Hall–Kier alpha value is -2.14. The van der Waals surface area contributed by atoms with Gasteiger partial charge in [0.2, 0.25) is 5.91 Å². The minimum atomic E-state index is -0.443. The Kier molecular flexibility index (Phi) is 3.74. The second-order valence-corrected chi connectivity index (χ2v) is 4.55. The second-order valence-electron chi connectivity index (χ2n) is 3.57. The summed E-state index contributed by atoms with van der Waals surface area (Å²) in [5.41, 5.74) is 6.23. The van der Waals surface area contributed by atoms with Crippen LogP contribution < -0.4 is 11.1 Å². The van der Waals surface area contributed by atoms with Crippen molar-refractivity contribution in [2.24, 2.45) is 0 Å². The lowest BCUT2D eigenvalue weighted by Gasteiger charge is -2.05. The van der Waals surface area contributed by atoms with Gasteiger partial charge >= 0.3 is 0 Å². The Morgan fingerprint density at radius 1 is 1.39 bits per heavy atom. The highest BCUT2D eigenvalue weighted by atomic mass is 32.1. The normalized spacial score (nSPS) is 10.7. The molecule has 3 N–H and O–H groups in total. The highest BCUT2D eigenvalue weighted by Crippen LogP contribution is 2.19. The van der Waals surface area contributed by atoms with Gasteiger partial charge in [-0.2, -0.15) is 0 Å². The number of hydrogen-bond acceptors (Lipinski definition) is 3. The molecule has 0 saturated carbocycles. The SMILES string of the molecule is Nc1ccc(F)cc1NC(=O)C=Cc1cccs1. The van der Waals surface area contributed by atoms with Gasteiger partial charge in [-0.1, -0.05) is 6.07 Å². The third-order valence-electron chi connectivity index (χ3n) is 2.22. The van der Waals surface area contributed by atoms with Gasteiger partial charge in [-0.3, -0.25) is 4.79 Å². The lowest BCUT2D eigenvalue weighted by molar-refractivity contribution is -0.111. The number of thiophene rings is 1. The van der Waals surface area contributed by atoms with Crippen molar-refractivity contribution in [3.05, 3.63) is 52.5 Å². The molecule has 92 valence electrons. The van der Waals surface area contributed by atoms with E-state index in [0.29, 0.717) is 5.69 Å². The molecule has 0 spiro atoms. The number of carbonyl (C=O) groups is 1. The van der Waals surface area contributed by atoms with Crippen molar-refractivity contribution in [1.82, 2.24) is 0 Å². The van der Waals surface area contributed by atoms with Crippen LogP contribution in [0.2, 0.25) is 0 Å². The summed E-state index contributed by atoms with van der Waals surface area (Å²) in [4.78, 5) is 12.6. The molecule has 0 atom stereocenters. The van der Waals surface area contributed by atoms with Gasteiger partial charge < -0.3 is 11.1 Å². The third-order valence-corrected chi connectivity index (χ3v) is 3.05. The van der Waals surface area contributed by atoms with E-state index in [1.165, 1.54) is 35.6 Å². The molecule has 3 nitrogen and oxygen atoms in total. The van der Waals surface area contributed by atoms with Gasteiger partial charge in [-0.15, -0.1) is 11.3 Å². The van der Waals surface area contributed by atoms with E-state index in [9.17, 15) is 9.18 Å². The van der Waals surface area contributed by atoms with E-state index in [1.807, 2.05) is 17.5 Å². The first kappa shape index (κ1) is 12.3. The predicted molar refractivity (Wildman–Crippen MR) is 72.8 cm³/mol. The number of hydrogen-bond donors (Lipinski definition) is 2. The fourth-order valence-corrected chi connectivity index (χ4v) is 1.97. The molecule has 2 aromatic rings. The van der Waals surface area contributed by atoms with Gasteiger partial charge in [0.05, 0.1) is 11.4 Å². The summed E-state index contributed by atoms with van der Waals surface area (Å²) >= 11 is 1.53. The molecule has 0 unspecified atom stereocenters. The molecule has 18 heavy (non-hydrogen) atoms. The molecule has 0 aliphatic carbocycles. The van der Waals surface area contributed by atoms with Crippen LogP contribution in [0.15, 0.2) is 41.8 Å². The number of rotatable bonds is 3. The molecule has 1 heterocycles. The standard InChI is InChI=1S/C13H11FN2OS/c14-9-3-5-11(15)12(8-9)16-13(17)6-4-10-2-1-7-18-10/h1-8H,15H2,(H,16,17). The van der Waals surface area contributed by atoms with Crippen molar-refractivity contribution < 1.29 is 9.18 Å². The Labute approximate surface area is 108 Å². The summed E-state index contributed by atoms with van der Waals surface area (Å²) in [6, 6.07) is 7.63. The van der Waals surface area contributed by atoms with Crippen molar-refractivity contribution in [2.75, 3.05) is 11.1 Å². The number of anilines is 2. The number of amides is 1. The smallest absolute Gasteiger partial charge is 0.248 e. The van der Waals surface area contributed by atoms with Gasteiger partial charge in [0.25, 0.3) is 0 Å². The summed E-state index contributed by atoms with van der Waals surface area (Å²) in [5.74, 6) is -0.789. The molecule has 0 fully saturated rings. The fraction of sp³-hybridized carbons (Fsp3) is 0. The Morgan fingerprint density at radius 2 is 2.22 bits per heavy atom. The minimum absolute atomic E-state index is 0.274. The van der Waals surface area contributed by atoms with Gasteiger partial charge in [-0.05, 0) is 35.7 Å². The van der Waals surface area contributed by atoms with Crippen LogP contribution in [-0.4, -0.2) is 5.91 Å². The van der Waals surface area contributed by atoms with E-state index >= 15 is 0 Å². The number of nitrogens with one attached hydrogen (secondary N) is 1. The number of nitrogens with two attached hydrogens (primary N) is 1. The molecule has 2 rings (SSSR count). The van der Waals surface area contributed by atoms with E-state index in [-0.39, 0.29) is 11.6 Å². The number of nitrogen functional groups attached to an aromatic ring is 1. The molecular weight excluding hydrogens is 251 g/mol. The van der Waals surface area contributed by atoms with Crippen molar-refractivity contribution in [2.45, 2.75) is 0 Å². The third kappa shape index (κ3) is 3.18. The predicted octanol–water partition coefficient (Wildman–Crippen LogP) is 3.12. The van der Waals surface area contributed by atoms with Crippen LogP contribution in [0.3, 0.4) is 0 Å². The van der Waals surface area contributed by atoms with Crippen LogP contribution in [0.1, 0.15) is 4.88 Å². The zero-order chi connectivity index (χ0) is 13.0. The number of halogens is 1. The molecule has 0 bridgehead atoms. The summed E-state index contributed by atoms with van der Waals surface area (Å²) in [6.07, 6.45) is 3.08. The fourth-order valence-electron chi connectivity index (χ4n) is 1.36. The van der Waals surface area contributed by atoms with Crippen LogP contribution in [0, 0.1) is 5.82 Å². The molecule has 1 aromatic heterocycles. The molecule has 0 aliphatic rings. The number of benzene rings is 1. The first-order valence-corrected chi connectivity index (χ1v) is 6.11. The largest absolute Gasteiger partial charge is 0.397 e. The molecule has 0 saturated heterocycles. The first-order chi connectivity index (χ1) is 8.65. The lowest BCUT2D eigenvalue weighted by Crippen LogP contribution is -2.09. The average molecular weight is 262 g/mol. The van der Waals surface area contributed by atoms with Crippen LogP contribution in [-0.2, 0) is 4.79 Å². The summed E-state index contributed by atoms with van der Waals surface area (Å²) in [7, 11) is 0. The Bertz CT molecular complexity index is 579. The molecule has 0 radical (unpaired) electrons. The first-order valence-electron chi connectivity index (χ1n) is 5.23. The highest BCUT2D eigenvalue weighted by Gasteiger charge is 2.03. The topological polar surface area (TPSA) is 55.1 Å².